The zero-order chi connectivity index (χ0) is 29.6. The molecule has 1 aliphatic rings. The highest BCUT2D eigenvalue weighted by atomic mass is 32.2. The van der Waals surface area contributed by atoms with E-state index < -0.39 is 27.1 Å². The Morgan fingerprint density at radius 2 is 1.78 bits per heavy atom. The Hall–Kier alpha value is -4.20. The van der Waals surface area contributed by atoms with E-state index in [9.17, 15) is 22.8 Å². The number of primary sulfonamides is 1. The van der Waals surface area contributed by atoms with Crippen molar-refractivity contribution in [2.75, 3.05) is 31.0 Å². The first-order valence-electron chi connectivity index (χ1n) is 12.4. The fraction of sp³-hybridized carbons (Fsp3) is 0.214. The molecule has 1 atom stereocenters. The largest absolute Gasteiger partial charge is 0.497 e. The van der Waals surface area contributed by atoms with Gasteiger partial charge in [0.15, 0.2) is 5.17 Å². The lowest BCUT2D eigenvalue weighted by Crippen LogP contribution is -2.31. The molecule has 0 bridgehead atoms. The van der Waals surface area contributed by atoms with E-state index in [2.05, 4.69) is 10.3 Å². The van der Waals surface area contributed by atoms with Crippen molar-refractivity contribution >= 4 is 56.1 Å². The number of benzene rings is 3. The maximum absolute atomic E-state index is 13.3. The van der Waals surface area contributed by atoms with E-state index in [4.69, 9.17) is 14.6 Å². The van der Waals surface area contributed by atoms with Gasteiger partial charge in [0.1, 0.15) is 11.0 Å². The molecule has 1 saturated heterocycles. The summed E-state index contributed by atoms with van der Waals surface area (Å²) in [6.45, 7) is 0.321. The van der Waals surface area contributed by atoms with Crippen LogP contribution in [0.1, 0.15) is 22.3 Å². The molecule has 0 unspecified atom stereocenters. The molecule has 2 amide bonds. The number of esters is 1. The van der Waals surface area contributed by atoms with E-state index in [0.717, 1.165) is 22.2 Å². The molecule has 214 valence electrons. The second-order valence-electron chi connectivity index (χ2n) is 8.90. The number of carbonyl (C=O) groups is 3. The topological polar surface area (TPSA) is 157 Å². The highest BCUT2D eigenvalue weighted by molar-refractivity contribution is 8.15. The summed E-state index contributed by atoms with van der Waals surface area (Å²) < 4.78 is 33.0. The molecule has 3 aromatic rings. The number of methoxy groups -OCH3 is 2. The normalized spacial score (nSPS) is 15.6. The molecular weight excluding hydrogens is 568 g/mol. The summed E-state index contributed by atoms with van der Waals surface area (Å²) in [5.41, 5.74) is 2.19. The first-order chi connectivity index (χ1) is 19.6. The molecule has 13 heteroatoms. The van der Waals surface area contributed by atoms with E-state index in [1.807, 2.05) is 6.07 Å². The number of nitrogens with zero attached hydrogens (tertiary/aromatic N) is 2. The Labute approximate surface area is 241 Å². The van der Waals surface area contributed by atoms with Gasteiger partial charge in [-0.15, -0.1) is 0 Å². The van der Waals surface area contributed by atoms with Crippen LogP contribution in [0.3, 0.4) is 0 Å². The smallest absolute Gasteiger partial charge is 0.337 e. The Morgan fingerprint density at radius 1 is 1.07 bits per heavy atom. The van der Waals surface area contributed by atoms with Gasteiger partial charge in [0.05, 0.1) is 30.4 Å². The van der Waals surface area contributed by atoms with Crippen LogP contribution < -0.4 is 20.1 Å². The number of sulfonamides is 1. The number of rotatable bonds is 9. The maximum Gasteiger partial charge on any atom is 0.337 e. The van der Waals surface area contributed by atoms with Gasteiger partial charge in [-0.2, -0.15) is 0 Å². The van der Waals surface area contributed by atoms with E-state index in [1.54, 1.807) is 37.4 Å². The van der Waals surface area contributed by atoms with Crippen LogP contribution in [0, 0.1) is 0 Å². The second kappa shape index (κ2) is 13.0. The molecular formula is C28H28N4O7S2. The lowest BCUT2D eigenvalue weighted by atomic mass is 10.1. The lowest BCUT2D eigenvalue weighted by Gasteiger charge is -2.16. The van der Waals surface area contributed by atoms with Crippen molar-refractivity contribution in [1.82, 2.24) is 0 Å². The Balaban J connectivity index is 1.51. The molecule has 0 saturated carbocycles. The summed E-state index contributed by atoms with van der Waals surface area (Å²) in [5, 5.41) is 8.08. The highest BCUT2D eigenvalue weighted by Gasteiger charge is 2.41. The zero-order valence-electron chi connectivity index (χ0n) is 22.3. The SMILES string of the molecule is COC(=O)c1ccc(N2C(=O)C[C@@H](SC(=NCCc3ccc(S(N)(=O)=O)cc3)Nc3cccc(OC)c3)C2=O)cc1. The fourth-order valence-electron chi connectivity index (χ4n) is 4.03. The Kier molecular flexibility index (Phi) is 9.42. The van der Waals surface area contributed by atoms with Crippen LogP contribution in [-0.4, -0.2) is 57.4 Å². The molecule has 0 aromatic heterocycles. The number of hydrogen-bond donors (Lipinski definition) is 2. The molecule has 1 heterocycles. The van der Waals surface area contributed by atoms with Crippen LogP contribution in [-0.2, 0) is 30.8 Å². The number of thioether (sulfide) groups is 1. The Morgan fingerprint density at radius 3 is 2.41 bits per heavy atom. The Bertz CT molecular complexity index is 1570. The highest BCUT2D eigenvalue weighted by Crippen LogP contribution is 2.31. The molecule has 3 aromatic carbocycles. The number of amidine groups is 1. The molecule has 0 aliphatic carbocycles. The van der Waals surface area contributed by atoms with Crippen LogP contribution in [0.4, 0.5) is 11.4 Å². The average Bonchev–Trinajstić information content (AvgIpc) is 3.24. The minimum absolute atomic E-state index is 0.0228. The number of ether oxygens (including phenoxy) is 2. The van der Waals surface area contributed by atoms with Gasteiger partial charge in [0, 0.05) is 24.7 Å². The van der Waals surface area contributed by atoms with Crippen LogP contribution in [0.15, 0.2) is 82.7 Å². The van der Waals surface area contributed by atoms with Gasteiger partial charge in [-0.25, -0.2) is 23.3 Å². The van der Waals surface area contributed by atoms with Gasteiger partial charge in [-0.3, -0.25) is 14.6 Å². The zero-order valence-corrected chi connectivity index (χ0v) is 23.9. The van der Waals surface area contributed by atoms with Crippen LogP contribution in [0.25, 0.3) is 0 Å². The summed E-state index contributed by atoms with van der Waals surface area (Å²) >= 11 is 1.14. The second-order valence-corrected chi connectivity index (χ2v) is 11.7. The van der Waals surface area contributed by atoms with Gasteiger partial charge < -0.3 is 14.8 Å². The van der Waals surface area contributed by atoms with Gasteiger partial charge in [0.2, 0.25) is 21.8 Å². The van der Waals surface area contributed by atoms with Crippen LogP contribution >= 0.6 is 11.8 Å². The third kappa shape index (κ3) is 7.51. The monoisotopic (exact) mass is 596 g/mol. The maximum atomic E-state index is 13.3. The standard InChI is InChI=1S/C28H28N4O7S2/c1-38-22-5-3-4-20(16-22)31-28(30-15-14-18-6-12-23(13-7-18)41(29,36)37)40-24-17-25(33)32(26(24)34)21-10-8-19(9-11-21)27(35)39-2/h3-13,16,24H,14-15,17H2,1-2H3,(H,30,31)(H2,29,36,37)/t24-/m1/s1. The third-order valence-corrected chi connectivity index (χ3v) is 8.17. The van der Waals surface area contributed by atoms with Gasteiger partial charge >= 0.3 is 5.97 Å². The van der Waals surface area contributed by atoms with Gasteiger partial charge in [-0.1, -0.05) is 30.0 Å². The van der Waals surface area contributed by atoms with Gasteiger partial charge in [0.25, 0.3) is 0 Å². The molecule has 4 rings (SSSR count). The first kappa shape index (κ1) is 29.8. The quantitative estimate of drug-likeness (QED) is 0.164. The minimum atomic E-state index is -3.78. The predicted octanol–water partition coefficient (Wildman–Crippen LogP) is 3.21. The number of carbonyl (C=O) groups excluding carboxylic acids is 3. The van der Waals surface area contributed by atoms with Crippen molar-refractivity contribution in [3.8, 4) is 5.75 Å². The number of nitrogens with one attached hydrogen (secondary N) is 1. The number of imide groups is 1. The fourth-order valence-corrected chi connectivity index (χ4v) is 5.59. The summed E-state index contributed by atoms with van der Waals surface area (Å²) in [4.78, 5) is 43.7. The van der Waals surface area contributed by atoms with Crippen LogP contribution in [0.2, 0.25) is 0 Å². The molecule has 41 heavy (non-hydrogen) atoms. The first-order valence-corrected chi connectivity index (χ1v) is 14.8. The molecule has 11 nitrogen and oxygen atoms in total. The van der Waals surface area contributed by atoms with E-state index >= 15 is 0 Å². The van der Waals surface area contributed by atoms with Crippen molar-refractivity contribution in [3.63, 3.8) is 0 Å². The van der Waals surface area contributed by atoms with Crippen molar-refractivity contribution in [2.24, 2.45) is 10.1 Å². The van der Waals surface area contributed by atoms with Gasteiger partial charge in [-0.05, 0) is 60.5 Å². The number of amides is 2. The van der Waals surface area contributed by atoms with Crippen molar-refractivity contribution < 1.29 is 32.3 Å². The summed E-state index contributed by atoms with van der Waals surface area (Å²) in [6, 6.07) is 19.5. The third-order valence-electron chi connectivity index (χ3n) is 6.13. The molecule has 3 N–H and O–H groups in total. The van der Waals surface area contributed by atoms with Crippen LogP contribution in [0.5, 0.6) is 5.75 Å². The lowest BCUT2D eigenvalue weighted by molar-refractivity contribution is -0.121. The molecule has 1 fully saturated rings. The van der Waals surface area contributed by atoms with E-state index in [1.165, 1.54) is 43.5 Å². The average molecular weight is 597 g/mol. The molecule has 0 spiro atoms. The number of hydrogen-bond acceptors (Lipinski definition) is 9. The number of anilines is 2. The number of nitrogens with two attached hydrogens (primary N) is 1. The predicted molar refractivity (Wildman–Crippen MR) is 157 cm³/mol. The summed E-state index contributed by atoms with van der Waals surface area (Å²) in [6.07, 6.45) is 0.459. The van der Waals surface area contributed by atoms with Crippen molar-refractivity contribution in [1.29, 1.82) is 0 Å². The summed E-state index contributed by atoms with van der Waals surface area (Å²) in [5.74, 6) is -0.657. The van der Waals surface area contributed by atoms with E-state index in [-0.39, 0.29) is 17.2 Å². The van der Waals surface area contributed by atoms with Crippen molar-refractivity contribution in [2.45, 2.75) is 23.0 Å². The van der Waals surface area contributed by atoms with E-state index in [0.29, 0.717) is 40.8 Å². The molecule has 1 aliphatic heterocycles. The summed E-state index contributed by atoms with van der Waals surface area (Å²) in [7, 11) is -0.957. The molecule has 0 radical (unpaired) electrons. The van der Waals surface area contributed by atoms with Crippen molar-refractivity contribution in [3.05, 3.63) is 83.9 Å². The minimum Gasteiger partial charge on any atom is -0.497 e. The number of aliphatic imine (C=N–C) groups is 1.